The second-order valence-corrected chi connectivity index (χ2v) is 4.17. The van der Waals surface area contributed by atoms with Crippen molar-refractivity contribution >= 4 is 12.2 Å². The molecular weight excluding hydrogens is 218 g/mol. The molecule has 82 valence electrons. The Kier molecular flexibility index (Phi) is 3.06. The van der Waals surface area contributed by atoms with Crippen molar-refractivity contribution in [1.29, 1.82) is 0 Å². The molecule has 0 amide bonds. The Balaban J connectivity index is 2.36. The Morgan fingerprint density at radius 3 is 2.56 bits per heavy atom. The van der Waals surface area contributed by atoms with Gasteiger partial charge in [-0.05, 0) is 18.6 Å². The maximum absolute atomic E-state index is 9.74. The van der Waals surface area contributed by atoms with Gasteiger partial charge in [0.15, 0.2) is 5.75 Å². The summed E-state index contributed by atoms with van der Waals surface area (Å²) in [7, 11) is 0. The first-order chi connectivity index (χ1) is 7.68. The van der Waals surface area contributed by atoms with Crippen LogP contribution in [0.3, 0.4) is 0 Å². The number of hydrogen-bond donors (Lipinski definition) is 1. The van der Waals surface area contributed by atoms with Gasteiger partial charge in [-0.2, -0.15) is 0 Å². The molecule has 0 fully saturated rings. The Bertz CT molecular complexity index is 546. The van der Waals surface area contributed by atoms with E-state index in [-0.39, 0.29) is 5.75 Å². The van der Waals surface area contributed by atoms with Gasteiger partial charge in [-0.1, -0.05) is 42.5 Å². The van der Waals surface area contributed by atoms with Crippen LogP contribution >= 0.6 is 12.2 Å². The van der Waals surface area contributed by atoms with E-state index in [9.17, 15) is 5.11 Å². The van der Waals surface area contributed by atoms with E-state index < -0.39 is 0 Å². The lowest BCUT2D eigenvalue weighted by Crippen LogP contribution is -2.04. The molecule has 2 rings (SSSR count). The molecule has 0 saturated heterocycles. The molecule has 1 N–H and O–H groups in total. The van der Waals surface area contributed by atoms with Crippen molar-refractivity contribution < 1.29 is 5.11 Å². The van der Waals surface area contributed by atoms with Crippen LogP contribution in [-0.2, 0) is 6.54 Å². The summed E-state index contributed by atoms with van der Waals surface area (Å²) in [4.78, 5) is 0. The largest absolute Gasteiger partial charge is 0.505 e. The van der Waals surface area contributed by atoms with Crippen molar-refractivity contribution in [2.24, 2.45) is 0 Å². The second-order valence-electron chi connectivity index (χ2n) is 3.73. The molecule has 1 heterocycles. The molecule has 0 radical (unpaired) electrons. The van der Waals surface area contributed by atoms with Crippen molar-refractivity contribution in [2.75, 3.05) is 0 Å². The summed E-state index contributed by atoms with van der Waals surface area (Å²) < 4.78 is 2.49. The Morgan fingerprint density at radius 1 is 1.19 bits per heavy atom. The highest BCUT2D eigenvalue weighted by molar-refractivity contribution is 7.71. The molecule has 0 aliphatic carbocycles. The van der Waals surface area contributed by atoms with Crippen LogP contribution in [0.15, 0.2) is 42.6 Å². The van der Waals surface area contributed by atoms with Crippen LogP contribution in [0, 0.1) is 11.4 Å². The molecule has 0 bridgehead atoms. The SMILES string of the molecule is Cc1c(O)c(=S)ccn1Cc1ccccc1. The third-order valence-electron chi connectivity index (χ3n) is 2.61. The van der Waals surface area contributed by atoms with Crippen LogP contribution < -0.4 is 0 Å². The summed E-state index contributed by atoms with van der Waals surface area (Å²) in [5, 5.41) is 9.74. The second kappa shape index (κ2) is 4.49. The predicted octanol–water partition coefficient (Wildman–Crippen LogP) is 3.28. The van der Waals surface area contributed by atoms with Gasteiger partial charge in [-0.25, -0.2) is 0 Å². The van der Waals surface area contributed by atoms with Crippen LogP contribution in [0.4, 0.5) is 0 Å². The van der Waals surface area contributed by atoms with Gasteiger partial charge >= 0.3 is 0 Å². The number of aromatic nitrogens is 1. The lowest BCUT2D eigenvalue weighted by atomic mass is 10.2. The first-order valence-electron chi connectivity index (χ1n) is 5.11. The molecule has 0 aliphatic rings. The number of benzene rings is 1. The highest BCUT2D eigenvalue weighted by Gasteiger charge is 2.02. The number of aromatic hydroxyl groups is 1. The Morgan fingerprint density at radius 2 is 1.88 bits per heavy atom. The summed E-state index contributed by atoms with van der Waals surface area (Å²) >= 11 is 5.00. The minimum absolute atomic E-state index is 0.202. The van der Waals surface area contributed by atoms with E-state index in [1.165, 1.54) is 5.56 Å². The number of rotatable bonds is 2. The van der Waals surface area contributed by atoms with Gasteiger partial charge in [-0.15, -0.1) is 0 Å². The van der Waals surface area contributed by atoms with E-state index in [1.54, 1.807) is 6.07 Å². The molecule has 0 unspecified atom stereocenters. The fourth-order valence-corrected chi connectivity index (χ4v) is 1.82. The number of nitrogens with zero attached hydrogens (tertiary/aromatic N) is 1. The molecule has 0 atom stereocenters. The Labute approximate surface area is 99.8 Å². The fraction of sp³-hybridized carbons (Fsp3) is 0.154. The number of pyridine rings is 1. The molecule has 16 heavy (non-hydrogen) atoms. The average Bonchev–Trinajstić information content (AvgIpc) is 2.31. The van der Waals surface area contributed by atoms with Gasteiger partial charge in [0.05, 0.1) is 10.2 Å². The van der Waals surface area contributed by atoms with Crippen LogP contribution in [-0.4, -0.2) is 9.67 Å². The molecule has 2 aromatic rings. The molecule has 1 aromatic carbocycles. The third-order valence-corrected chi connectivity index (χ3v) is 2.94. The van der Waals surface area contributed by atoms with Crippen molar-refractivity contribution in [1.82, 2.24) is 4.57 Å². The standard InChI is InChI=1S/C13H13NOS/c1-10-13(15)12(16)7-8-14(10)9-11-5-3-2-4-6-11/h2-8,15H,9H2,1H3. The summed E-state index contributed by atoms with van der Waals surface area (Å²) in [5.74, 6) is 0.202. The van der Waals surface area contributed by atoms with Crippen LogP contribution in [0.25, 0.3) is 0 Å². The zero-order valence-corrected chi connectivity index (χ0v) is 9.87. The van der Waals surface area contributed by atoms with Crippen molar-refractivity contribution in [3.63, 3.8) is 0 Å². The Hall–Kier alpha value is -1.61. The first kappa shape index (κ1) is 10.9. The fourth-order valence-electron chi connectivity index (χ4n) is 1.61. The summed E-state index contributed by atoms with van der Waals surface area (Å²) in [6.07, 6.45) is 1.91. The maximum atomic E-state index is 9.74. The van der Waals surface area contributed by atoms with E-state index in [1.807, 2.05) is 35.9 Å². The van der Waals surface area contributed by atoms with E-state index in [0.717, 1.165) is 12.2 Å². The molecule has 3 heteroatoms. The maximum Gasteiger partial charge on any atom is 0.152 e. The van der Waals surface area contributed by atoms with E-state index in [0.29, 0.717) is 4.51 Å². The number of hydrogen-bond acceptors (Lipinski definition) is 2. The van der Waals surface area contributed by atoms with Gasteiger partial charge in [0, 0.05) is 12.7 Å². The van der Waals surface area contributed by atoms with Crippen molar-refractivity contribution in [2.45, 2.75) is 13.5 Å². The van der Waals surface area contributed by atoms with Gasteiger partial charge in [-0.3, -0.25) is 0 Å². The lowest BCUT2D eigenvalue weighted by molar-refractivity contribution is 0.458. The van der Waals surface area contributed by atoms with Gasteiger partial charge in [0.2, 0.25) is 0 Å². The minimum Gasteiger partial charge on any atom is -0.505 e. The van der Waals surface area contributed by atoms with E-state index in [2.05, 4.69) is 12.1 Å². The molecule has 2 nitrogen and oxygen atoms in total. The average molecular weight is 231 g/mol. The quantitative estimate of drug-likeness (QED) is 0.802. The van der Waals surface area contributed by atoms with Crippen LogP contribution in [0.1, 0.15) is 11.3 Å². The zero-order valence-electron chi connectivity index (χ0n) is 9.05. The van der Waals surface area contributed by atoms with Gasteiger partial charge < -0.3 is 9.67 Å². The first-order valence-corrected chi connectivity index (χ1v) is 5.52. The molecule has 0 spiro atoms. The molecule has 0 saturated carbocycles. The molecular formula is C13H13NOS. The van der Waals surface area contributed by atoms with Gasteiger partial charge in [0.25, 0.3) is 0 Å². The zero-order chi connectivity index (χ0) is 11.5. The summed E-state index contributed by atoms with van der Waals surface area (Å²) in [5.41, 5.74) is 2.00. The highest BCUT2D eigenvalue weighted by atomic mass is 32.1. The topological polar surface area (TPSA) is 25.2 Å². The highest BCUT2D eigenvalue weighted by Crippen LogP contribution is 2.18. The van der Waals surface area contributed by atoms with Crippen molar-refractivity contribution in [3.8, 4) is 5.75 Å². The van der Waals surface area contributed by atoms with Gasteiger partial charge in [0.1, 0.15) is 0 Å². The normalized spacial score (nSPS) is 10.3. The van der Waals surface area contributed by atoms with Crippen LogP contribution in [0.2, 0.25) is 0 Å². The van der Waals surface area contributed by atoms with Crippen LogP contribution in [0.5, 0.6) is 5.75 Å². The van der Waals surface area contributed by atoms with Crippen molar-refractivity contribution in [3.05, 3.63) is 58.4 Å². The smallest absolute Gasteiger partial charge is 0.152 e. The molecule has 0 aliphatic heterocycles. The van der Waals surface area contributed by atoms with E-state index in [4.69, 9.17) is 12.2 Å². The third kappa shape index (κ3) is 2.14. The lowest BCUT2D eigenvalue weighted by Gasteiger charge is -2.11. The monoisotopic (exact) mass is 231 g/mol. The predicted molar refractivity (Wildman–Crippen MR) is 67.2 cm³/mol. The minimum atomic E-state index is 0.202. The summed E-state index contributed by atoms with van der Waals surface area (Å²) in [6, 6.07) is 11.9. The van der Waals surface area contributed by atoms with E-state index >= 15 is 0 Å². The summed E-state index contributed by atoms with van der Waals surface area (Å²) in [6.45, 7) is 2.62. The molecule has 1 aromatic heterocycles.